The molecule has 0 spiro atoms. The molecule has 1 aliphatic rings. The van der Waals surface area contributed by atoms with Gasteiger partial charge in [-0.3, -0.25) is 9.78 Å². The number of carbonyl (C=O) groups is 1. The van der Waals surface area contributed by atoms with Crippen LogP contribution in [0, 0.1) is 0 Å². The topological polar surface area (TPSA) is 80.7 Å². The fourth-order valence-corrected chi connectivity index (χ4v) is 2.63. The maximum absolute atomic E-state index is 12.5. The van der Waals surface area contributed by atoms with E-state index in [9.17, 15) is 9.90 Å². The fourth-order valence-electron chi connectivity index (χ4n) is 2.63. The summed E-state index contributed by atoms with van der Waals surface area (Å²) < 4.78 is 10.9. The summed E-state index contributed by atoms with van der Waals surface area (Å²) in [6.07, 6.45) is 1.57. The lowest BCUT2D eigenvalue weighted by atomic mass is 10.1. The van der Waals surface area contributed by atoms with Crippen LogP contribution >= 0.6 is 0 Å². The molecule has 6 nitrogen and oxygen atoms in total. The number of rotatable bonds is 2. The Morgan fingerprint density at radius 3 is 2.79 bits per heavy atom. The number of benzene rings is 2. The number of amides is 1. The summed E-state index contributed by atoms with van der Waals surface area (Å²) in [7, 11) is 0. The van der Waals surface area contributed by atoms with Gasteiger partial charge in [0.25, 0.3) is 5.91 Å². The van der Waals surface area contributed by atoms with Gasteiger partial charge >= 0.3 is 0 Å². The number of hydrogen-bond donors (Lipinski definition) is 2. The van der Waals surface area contributed by atoms with Gasteiger partial charge < -0.3 is 19.9 Å². The highest BCUT2D eigenvalue weighted by molar-refractivity contribution is 6.09. The van der Waals surface area contributed by atoms with Crippen LogP contribution in [0.5, 0.6) is 17.2 Å². The van der Waals surface area contributed by atoms with Gasteiger partial charge in [0.1, 0.15) is 18.7 Å². The predicted molar refractivity (Wildman–Crippen MR) is 88.8 cm³/mol. The van der Waals surface area contributed by atoms with Gasteiger partial charge in [-0.25, -0.2) is 0 Å². The molecule has 2 N–H and O–H groups in total. The summed E-state index contributed by atoms with van der Waals surface area (Å²) >= 11 is 0. The lowest BCUT2D eigenvalue weighted by Crippen LogP contribution is -2.16. The molecule has 0 radical (unpaired) electrons. The molecular weight excluding hydrogens is 308 g/mol. The van der Waals surface area contributed by atoms with Crippen molar-refractivity contribution in [2.45, 2.75) is 0 Å². The molecule has 1 amide bonds. The fraction of sp³-hybridized carbons (Fsp3) is 0.111. The van der Waals surface area contributed by atoms with Crippen LogP contribution in [0.25, 0.3) is 10.9 Å². The number of hydrogen-bond acceptors (Lipinski definition) is 5. The SMILES string of the molecule is O=C(Nc1ccc2c(c1)OCCO2)c1ccc2cccnc2c1O. The van der Waals surface area contributed by atoms with E-state index in [0.717, 1.165) is 5.39 Å². The second-order valence-electron chi connectivity index (χ2n) is 5.35. The van der Waals surface area contributed by atoms with Crippen LogP contribution in [0.2, 0.25) is 0 Å². The number of ether oxygens (including phenoxy) is 2. The molecular formula is C18H14N2O4. The number of anilines is 1. The number of phenols is 1. The Balaban J connectivity index is 1.64. The monoisotopic (exact) mass is 322 g/mol. The highest BCUT2D eigenvalue weighted by Gasteiger charge is 2.17. The summed E-state index contributed by atoms with van der Waals surface area (Å²) in [6.45, 7) is 0.984. The lowest BCUT2D eigenvalue weighted by molar-refractivity contribution is 0.102. The number of fused-ring (bicyclic) bond motifs is 2. The number of phenolic OH excluding ortho intramolecular Hbond substituents is 1. The van der Waals surface area contributed by atoms with Crippen molar-refractivity contribution in [2.24, 2.45) is 0 Å². The molecule has 0 saturated carbocycles. The average molecular weight is 322 g/mol. The van der Waals surface area contributed by atoms with Crippen molar-refractivity contribution in [3.8, 4) is 17.2 Å². The summed E-state index contributed by atoms with van der Waals surface area (Å²) in [5.41, 5.74) is 1.12. The van der Waals surface area contributed by atoms with Gasteiger partial charge in [0.2, 0.25) is 0 Å². The lowest BCUT2D eigenvalue weighted by Gasteiger charge is -2.19. The van der Waals surface area contributed by atoms with Crippen molar-refractivity contribution in [2.75, 3.05) is 18.5 Å². The van der Waals surface area contributed by atoms with Crippen molar-refractivity contribution in [1.82, 2.24) is 4.98 Å². The average Bonchev–Trinajstić information content (AvgIpc) is 2.62. The highest BCUT2D eigenvalue weighted by Crippen LogP contribution is 2.33. The Bertz CT molecular complexity index is 939. The van der Waals surface area contributed by atoms with Crippen LogP contribution in [0.15, 0.2) is 48.7 Å². The van der Waals surface area contributed by atoms with Gasteiger partial charge in [-0.1, -0.05) is 12.1 Å². The zero-order valence-corrected chi connectivity index (χ0v) is 12.7. The van der Waals surface area contributed by atoms with Gasteiger partial charge in [0.05, 0.1) is 5.56 Å². The van der Waals surface area contributed by atoms with E-state index in [1.54, 1.807) is 42.6 Å². The smallest absolute Gasteiger partial charge is 0.259 e. The standard InChI is InChI=1S/C18H14N2O4/c21-17-13(5-3-11-2-1-7-19-16(11)17)18(22)20-12-4-6-14-15(10-12)24-9-8-23-14/h1-7,10,21H,8-9H2,(H,20,22). The van der Waals surface area contributed by atoms with Crippen molar-refractivity contribution in [3.63, 3.8) is 0 Å². The molecule has 2 heterocycles. The van der Waals surface area contributed by atoms with E-state index < -0.39 is 5.91 Å². The van der Waals surface area contributed by atoms with Crippen LogP contribution in [-0.4, -0.2) is 29.2 Å². The largest absolute Gasteiger partial charge is 0.505 e. The number of pyridine rings is 1. The Hall–Kier alpha value is -3.28. The zero-order valence-electron chi connectivity index (χ0n) is 12.7. The van der Waals surface area contributed by atoms with Gasteiger partial charge in [0.15, 0.2) is 17.2 Å². The van der Waals surface area contributed by atoms with Crippen molar-refractivity contribution < 1.29 is 19.4 Å². The second-order valence-corrected chi connectivity index (χ2v) is 5.35. The first-order chi connectivity index (χ1) is 11.7. The molecule has 0 bridgehead atoms. The van der Waals surface area contributed by atoms with Crippen LogP contribution < -0.4 is 14.8 Å². The Kier molecular flexibility index (Phi) is 3.42. The van der Waals surface area contributed by atoms with Crippen LogP contribution in [0.1, 0.15) is 10.4 Å². The summed E-state index contributed by atoms with van der Waals surface area (Å²) in [6, 6.07) is 12.1. The van der Waals surface area contributed by atoms with E-state index in [1.807, 2.05) is 6.07 Å². The summed E-state index contributed by atoms with van der Waals surface area (Å²) in [4.78, 5) is 16.6. The van der Waals surface area contributed by atoms with E-state index >= 15 is 0 Å². The van der Waals surface area contributed by atoms with Crippen LogP contribution in [0.4, 0.5) is 5.69 Å². The minimum atomic E-state index is -0.420. The maximum Gasteiger partial charge on any atom is 0.259 e. The number of carbonyl (C=O) groups excluding carboxylic acids is 1. The van der Waals surface area contributed by atoms with E-state index in [1.165, 1.54) is 0 Å². The molecule has 0 fully saturated rings. The third-order valence-electron chi connectivity index (χ3n) is 3.79. The first kappa shape index (κ1) is 14.3. The van der Waals surface area contributed by atoms with E-state index in [2.05, 4.69) is 10.3 Å². The normalized spacial score (nSPS) is 12.8. The van der Waals surface area contributed by atoms with Crippen LogP contribution in [0.3, 0.4) is 0 Å². The highest BCUT2D eigenvalue weighted by atomic mass is 16.6. The molecule has 4 rings (SSSR count). The molecule has 2 aromatic carbocycles. The molecule has 120 valence electrons. The van der Waals surface area contributed by atoms with Crippen LogP contribution in [-0.2, 0) is 0 Å². The maximum atomic E-state index is 12.5. The Morgan fingerprint density at radius 1 is 1.08 bits per heavy atom. The van der Waals surface area contributed by atoms with E-state index in [0.29, 0.717) is 35.9 Å². The molecule has 0 atom stereocenters. The van der Waals surface area contributed by atoms with E-state index in [4.69, 9.17) is 9.47 Å². The number of aromatic hydroxyl groups is 1. The van der Waals surface area contributed by atoms with Gasteiger partial charge in [-0.15, -0.1) is 0 Å². The summed E-state index contributed by atoms with van der Waals surface area (Å²) in [5, 5.41) is 13.8. The number of aromatic nitrogens is 1. The molecule has 1 aliphatic heterocycles. The Labute approximate surface area is 137 Å². The minimum absolute atomic E-state index is 0.136. The van der Waals surface area contributed by atoms with E-state index in [-0.39, 0.29) is 11.3 Å². The van der Waals surface area contributed by atoms with Gasteiger partial charge in [-0.2, -0.15) is 0 Å². The molecule has 0 saturated heterocycles. The third-order valence-corrected chi connectivity index (χ3v) is 3.79. The molecule has 6 heteroatoms. The Morgan fingerprint density at radius 2 is 1.92 bits per heavy atom. The minimum Gasteiger partial charge on any atom is -0.505 e. The quantitative estimate of drug-likeness (QED) is 0.758. The number of nitrogens with one attached hydrogen (secondary N) is 1. The third kappa shape index (κ3) is 2.48. The van der Waals surface area contributed by atoms with Gasteiger partial charge in [0, 0.05) is 23.3 Å². The molecule has 1 aromatic heterocycles. The van der Waals surface area contributed by atoms with Gasteiger partial charge in [-0.05, 0) is 24.3 Å². The molecule has 3 aromatic rings. The van der Waals surface area contributed by atoms with Crippen molar-refractivity contribution in [1.29, 1.82) is 0 Å². The molecule has 24 heavy (non-hydrogen) atoms. The second kappa shape index (κ2) is 5.73. The first-order valence-electron chi connectivity index (χ1n) is 7.50. The first-order valence-corrected chi connectivity index (χ1v) is 7.50. The predicted octanol–water partition coefficient (Wildman–Crippen LogP) is 2.96. The van der Waals surface area contributed by atoms with Crippen molar-refractivity contribution >= 4 is 22.5 Å². The van der Waals surface area contributed by atoms with Crippen molar-refractivity contribution in [3.05, 3.63) is 54.2 Å². The zero-order chi connectivity index (χ0) is 16.5. The number of nitrogens with zero attached hydrogens (tertiary/aromatic N) is 1. The summed E-state index contributed by atoms with van der Waals surface area (Å²) in [5.74, 6) is 0.681. The molecule has 0 unspecified atom stereocenters. The molecule has 0 aliphatic carbocycles.